The molecule has 1 aromatic carbocycles. The summed E-state index contributed by atoms with van der Waals surface area (Å²) in [6.45, 7) is 2.95. The van der Waals surface area contributed by atoms with Gasteiger partial charge in [0.25, 0.3) is 5.91 Å². The number of carbonyl (C=O) groups is 1. The minimum Gasteiger partial charge on any atom is -0.336 e. The lowest BCUT2D eigenvalue weighted by atomic mass is 10.2. The molecule has 0 spiro atoms. The molecule has 1 aliphatic heterocycles. The molecular formula is C12H13BrClNO. The van der Waals surface area contributed by atoms with Crippen molar-refractivity contribution in [3.05, 3.63) is 33.3 Å². The molecular weight excluding hydrogens is 289 g/mol. The lowest BCUT2D eigenvalue weighted by molar-refractivity contribution is 0.0747. The van der Waals surface area contributed by atoms with Crippen molar-refractivity contribution >= 4 is 33.4 Å². The van der Waals surface area contributed by atoms with Crippen molar-refractivity contribution in [1.82, 2.24) is 4.90 Å². The van der Waals surface area contributed by atoms with E-state index in [2.05, 4.69) is 22.9 Å². The van der Waals surface area contributed by atoms with E-state index in [-0.39, 0.29) is 5.91 Å². The molecule has 1 heterocycles. The number of hydrogen-bond acceptors (Lipinski definition) is 1. The maximum absolute atomic E-state index is 12.2. The average Bonchev–Trinajstić information content (AvgIpc) is 2.67. The Kier molecular flexibility index (Phi) is 3.55. The van der Waals surface area contributed by atoms with Crippen LogP contribution >= 0.6 is 27.5 Å². The van der Waals surface area contributed by atoms with Crippen LogP contribution in [0.2, 0.25) is 5.02 Å². The van der Waals surface area contributed by atoms with Crippen LogP contribution in [0, 0.1) is 0 Å². The summed E-state index contributed by atoms with van der Waals surface area (Å²) in [6.07, 6.45) is 2.20. The highest BCUT2D eigenvalue weighted by molar-refractivity contribution is 9.10. The van der Waals surface area contributed by atoms with Gasteiger partial charge in [-0.05, 0) is 53.9 Å². The Balaban J connectivity index is 2.23. The highest BCUT2D eigenvalue weighted by atomic mass is 79.9. The first-order valence-electron chi connectivity index (χ1n) is 5.35. The molecule has 0 bridgehead atoms. The summed E-state index contributed by atoms with van der Waals surface area (Å²) < 4.78 is 0.770. The average molecular weight is 303 g/mol. The number of benzene rings is 1. The Morgan fingerprint density at radius 3 is 2.88 bits per heavy atom. The number of nitrogens with zero attached hydrogens (tertiary/aromatic N) is 1. The first kappa shape index (κ1) is 11.9. The van der Waals surface area contributed by atoms with Crippen LogP contribution in [0.15, 0.2) is 22.7 Å². The molecule has 1 atom stereocenters. The molecule has 2 nitrogen and oxygen atoms in total. The fourth-order valence-electron chi connectivity index (χ4n) is 2.03. The van der Waals surface area contributed by atoms with Gasteiger partial charge in [0.15, 0.2) is 0 Å². The number of amides is 1. The normalized spacial score (nSPS) is 20.2. The van der Waals surface area contributed by atoms with Crippen molar-refractivity contribution in [2.24, 2.45) is 0 Å². The fourth-order valence-corrected chi connectivity index (χ4v) is 2.53. The zero-order valence-electron chi connectivity index (χ0n) is 9.04. The van der Waals surface area contributed by atoms with Gasteiger partial charge >= 0.3 is 0 Å². The molecule has 0 saturated carbocycles. The van der Waals surface area contributed by atoms with Gasteiger partial charge in [-0.1, -0.05) is 11.6 Å². The van der Waals surface area contributed by atoms with Crippen LogP contribution in [0.5, 0.6) is 0 Å². The summed E-state index contributed by atoms with van der Waals surface area (Å²) in [5.41, 5.74) is 0.699. The lowest BCUT2D eigenvalue weighted by Crippen LogP contribution is -2.33. The van der Waals surface area contributed by atoms with E-state index in [1.165, 1.54) is 0 Å². The lowest BCUT2D eigenvalue weighted by Gasteiger charge is -2.21. The summed E-state index contributed by atoms with van der Waals surface area (Å²) >= 11 is 9.24. The Morgan fingerprint density at radius 2 is 2.31 bits per heavy atom. The molecule has 1 aliphatic rings. The SMILES string of the molecule is CC1CCCN1C(=O)c1ccc(Cl)c(Br)c1. The molecule has 0 radical (unpaired) electrons. The third kappa shape index (κ3) is 2.25. The Labute approximate surface area is 109 Å². The van der Waals surface area contributed by atoms with Crippen molar-refractivity contribution in [1.29, 1.82) is 0 Å². The third-order valence-corrected chi connectivity index (χ3v) is 4.19. The summed E-state index contributed by atoms with van der Waals surface area (Å²) in [5.74, 6) is 0.0994. The number of hydrogen-bond donors (Lipinski definition) is 0. The Hall–Kier alpha value is -0.540. The molecule has 1 aromatic rings. The monoisotopic (exact) mass is 301 g/mol. The largest absolute Gasteiger partial charge is 0.336 e. The summed E-state index contributed by atoms with van der Waals surface area (Å²) in [7, 11) is 0. The van der Waals surface area contributed by atoms with E-state index in [0.717, 1.165) is 23.9 Å². The predicted octanol–water partition coefficient (Wildman–Crippen LogP) is 3.73. The quantitative estimate of drug-likeness (QED) is 0.774. The molecule has 16 heavy (non-hydrogen) atoms. The molecule has 4 heteroatoms. The van der Waals surface area contributed by atoms with Gasteiger partial charge < -0.3 is 4.90 Å². The van der Waals surface area contributed by atoms with E-state index in [1.807, 2.05) is 4.90 Å². The predicted molar refractivity (Wildman–Crippen MR) is 68.9 cm³/mol. The smallest absolute Gasteiger partial charge is 0.254 e. The number of halogens is 2. The van der Waals surface area contributed by atoms with Crippen LogP contribution in [0.1, 0.15) is 30.1 Å². The maximum atomic E-state index is 12.2. The molecule has 1 fully saturated rings. The zero-order valence-corrected chi connectivity index (χ0v) is 11.4. The molecule has 0 N–H and O–H groups in total. The van der Waals surface area contributed by atoms with Crippen molar-refractivity contribution in [3.63, 3.8) is 0 Å². The summed E-state index contributed by atoms with van der Waals surface area (Å²) in [6, 6.07) is 5.66. The van der Waals surface area contributed by atoms with Gasteiger partial charge in [0.1, 0.15) is 0 Å². The molecule has 0 aromatic heterocycles. The van der Waals surface area contributed by atoms with Crippen molar-refractivity contribution in [2.45, 2.75) is 25.8 Å². The molecule has 0 aliphatic carbocycles. The Bertz CT molecular complexity index is 421. The minimum absolute atomic E-state index is 0.0994. The molecule has 1 saturated heterocycles. The van der Waals surface area contributed by atoms with Gasteiger partial charge in [-0.15, -0.1) is 0 Å². The summed E-state index contributed by atoms with van der Waals surface area (Å²) in [4.78, 5) is 14.1. The van der Waals surface area contributed by atoms with E-state index in [0.29, 0.717) is 16.6 Å². The van der Waals surface area contributed by atoms with Gasteiger partial charge in [-0.3, -0.25) is 4.79 Å². The van der Waals surface area contributed by atoms with Crippen LogP contribution in [0.25, 0.3) is 0 Å². The fraction of sp³-hybridized carbons (Fsp3) is 0.417. The van der Waals surface area contributed by atoms with Crippen molar-refractivity contribution in [3.8, 4) is 0 Å². The van der Waals surface area contributed by atoms with Gasteiger partial charge in [-0.2, -0.15) is 0 Å². The topological polar surface area (TPSA) is 20.3 Å². The Morgan fingerprint density at radius 1 is 1.56 bits per heavy atom. The highest BCUT2D eigenvalue weighted by Gasteiger charge is 2.26. The van der Waals surface area contributed by atoms with Gasteiger partial charge in [0.05, 0.1) is 5.02 Å². The van der Waals surface area contributed by atoms with E-state index in [9.17, 15) is 4.79 Å². The first-order valence-corrected chi connectivity index (χ1v) is 6.52. The maximum Gasteiger partial charge on any atom is 0.254 e. The van der Waals surface area contributed by atoms with Crippen molar-refractivity contribution in [2.75, 3.05) is 6.54 Å². The van der Waals surface area contributed by atoms with E-state index in [4.69, 9.17) is 11.6 Å². The van der Waals surface area contributed by atoms with E-state index in [1.54, 1.807) is 18.2 Å². The second-order valence-corrected chi connectivity index (χ2v) is 5.38. The van der Waals surface area contributed by atoms with Gasteiger partial charge in [0.2, 0.25) is 0 Å². The van der Waals surface area contributed by atoms with Gasteiger partial charge in [-0.25, -0.2) is 0 Å². The highest BCUT2D eigenvalue weighted by Crippen LogP contribution is 2.25. The van der Waals surface area contributed by atoms with Crippen LogP contribution in [-0.2, 0) is 0 Å². The van der Waals surface area contributed by atoms with Gasteiger partial charge in [0, 0.05) is 22.6 Å². The van der Waals surface area contributed by atoms with Crippen LogP contribution in [0.4, 0.5) is 0 Å². The second kappa shape index (κ2) is 4.76. The number of likely N-dealkylation sites (tertiary alicyclic amines) is 1. The van der Waals surface area contributed by atoms with E-state index >= 15 is 0 Å². The summed E-state index contributed by atoms with van der Waals surface area (Å²) in [5, 5.41) is 0.631. The van der Waals surface area contributed by atoms with Crippen LogP contribution < -0.4 is 0 Å². The standard InChI is InChI=1S/C12H13BrClNO/c1-8-3-2-6-15(8)12(16)9-4-5-11(14)10(13)7-9/h4-5,7-8H,2-3,6H2,1H3. The molecule has 1 amide bonds. The zero-order chi connectivity index (χ0) is 11.7. The van der Waals surface area contributed by atoms with Crippen molar-refractivity contribution < 1.29 is 4.79 Å². The first-order chi connectivity index (χ1) is 7.59. The third-order valence-electron chi connectivity index (χ3n) is 2.98. The van der Waals surface area contributed by atoms with Crippen LogP contribution in [-0.4, -0.2) is 23.4 Å². The molecule has 86 valence electrons. The minimum atomic E-state index is 0.0994. The molecule has 1 unspecified atom stereocenters. The molecule has 2 rings (SSSR count). The van der Waals surface area contributed by atoms with Crippen LogP contribution in [0.3, 0.4) is 0 Å². The van der Waals surface area contributed by atoms with E-state index < -0.39 is 0 Å². The second-order valence-electron chi connectivity index (χ2n) is 4.12. The number of carbonyl (C=O) groups excluding carboxylic acids is 1. The number of rotatable bonds is 1.